The van der Waals surface area contributed by atoms with Gasteiger partial charge in [-0.25, -0.2) is 0 Å². The molecule has 0 amide bonds. The van der Waals surface area contributed by atoms with E-state index in [4.69, 9.17) is 9.47 Å². The van der Waals surface area contributed by atoms with Crippen molar-refractivity contribution in [3.8, 4) is 0 Å². The Morgan fingerprint density at radius 2 is 0.660 bits per heavy atom. The smallest absolute Gasteiger partial charge is 0.306 e. The Bertz CT molecular complexity index is 637. The van der Waals surface area contributed by atoms with Gasteiger partial charge in [-0.2, -0.15) is 0 Å². The summed E-state index contributed by atoms with van der Waals surface area (Å²) in [5.74, 6) is -0.573. The summed E-state index contributed by atoms with van der Waals surface area (Å²) in [6.07, 6.45) is 43.1. The topological polar surface area (TPSA) is 72.8 Å². The van der Waals surface area contributed by atoms with Gasteiger partial charge in [-0.3, -0.25) is 9.59 Å². The van der Waals surface area contributed by atoms with Crippen molar-refractivity contribution >= 4 is 11.9 Å². The molecule has 0 aliphatic rings. The monoisotopic (exact) mass is 667 g/mol. The summed E-state index contributed by atoms with van der Waals surface area (Å²) in [6.45, 7) is 4.17. The molecular formula is C42H82O5. The fourth-order valence-electron chi connectivity index (χ4n) is 6.44. The third-order valence-electron chi connectivity index (χ3n) is 9.65. The van der Waals surface area contributed by atoms with E-state index < -0.39 is 6.10 Å². The Morgan fingerprint density at radius 1 is 0.404 bits per heavy atom. The number of carbonyl (C=O) groups excluding carboxylic acids is 2. The fourth-order valence-corrected chi connectivity index (χ4v) is 6.44. The second kappa shape index (κ2) is 39.3. The van der Waals surface area contributed by atoms with Crippen LogP contribution in [0.3, 0.4) is 0 Å². The predicted molar refractivity (Wildman–Crippen MR) is 201 cm³/mol. The number of esters is 2. The van der Waals surface area contributed by atoms with Crippen LogP contribution < -0.4 is 0 Å². The molecule has 0 aromatic rings. The first kappa shape index (κ1) is 45.9. The normalized spacial score (nSPS) is 12.0. The standard InChI is InChI=1S/C42H82O5/c1-3-5-7-9-11-13-15-17-19-20-21-22-23-25-27-29-31-33-35-37-42(45)47-40(38-43)39-46-41(44)36-34-32-30-28-26-24-18-16-14-12-10-8-6-4-2/h40,43H,3-39H2,1-2H3/t40-/m0/s1. The molecule has 280 valence electrons. The average Bonchev–Trinajstić information content (AvgIpc) is 3.07. The molecule has 0 aromatic heterocycles. The summed E-state index contributed by atoms with van der Waals surface area (Å²) in [4.78, 5) is 24.3. The number of ether oxygens (including phenoxy) is 2. The van der Waals surface area contributed by atoms with E-state index >= 15 is 0 Å². The number of hydrogen-bond acceptors (Lipinski definition) is 5. The highest BCUT2D eigenvalue weighted by molar-refractivity contribution is 5.70. The zero-order valence-electron chi connectivity index (χ0n) is 31.8. The molecule has 0 unspecified atom stereocenters. The molecule has 0 fully saturated rings. The second-order valence-electron chi connectivity index (χ2n) is 14.4. The van der Waals surface area contributed by atoms with Gasteiger partial charge in [-0.1, -0.05) is 213 Å². The van der Waals surface area contributed by atoms with Gasteiger partial charge in [0.25, 0.3) is 0 Å². The number of aliphatic hydroxyl groups excluding tert-OH is 1. The number of hydrogen-bond donors (Lipinski definition) is 1. The lowest BCUT2D eigenvalue weighted by Gasteiger charge is -2.15. The Hall–Kier alpha value is -1.10. The van der Waals surface area contributed by atoms with E-state index in [0.29, 0.717) is 12.8 Å². The van der Waals surface area contributed by atoms with E-state index in [1.165, 1.54) is 180 Å². The molecule has 47 heavy (non-hydrogen) atoms. The third kappa shape index (κ3) is 37.6. The van der Waals surface area contributed by atoms with Crippen LogP contribution in [-0.4, -0.2) is 36.4 Å². The molecule has 0 saturated heterocycles. The maximum absolute atomic E-state index is 12.2. The van der Waals surface area contributed by atoms with Gasteiger partial charge in [0.1, 0.15) is 6.61 Å². The van der Waals surface area contributed by atoms with Crippen molar-refractivity contribution in [2.24, 2.45) is 0 Å². The zero-order valence-corrected chi connectivity index (χ0v) is 31.8. The largest absolute Gasteiger partial charge is 0.462 e. The molecule has 1 N–H and O–H groups in total. The highest BCUT2D eigenvalue weighted by Gasteiger charge is 2.16. The summed E-state index contributed by atoms with van der Waals surface area (Å²) in [5, 5.41) is 9.56. The molecule has 0 heterocycles. The van der Waals surface area contributed by atoms with Crippen LogP contribution in [0.15, 0.2) is 0 Å². The van der Waals surface area contributed by atoms with Gasteiger partial charge in [0.15, 0.2) is 6.10 Å². The van der Waals surface area contributed by atoms with Crippen molar-refractivity contribution in [1.29, 1.82) is 0 Å². The van der Waals surface area contributed by atoms with Crippen LogP contribution >= 0.6 is 0 Å². The predicted octanol–water partition coefficient (Wildman–Crippen LogP) is 13.1. The van der Waals surface area contributed by atoms with E-state index in [1.807, 2.05) is 0 Å². The Balaban J connectivity index is 3.46. The quantitative estimate of drug-likeness (QED) is 0.0522. The fraction of sp³-hybridized carbons (Fsp3) is 0.952. The summed E-state index contributed by atoms with van der Waals surface area (Å²) < 4.78 is 10.6. The van der Waals surface area contributed by atoms with Gasteiger partial charge in [-0.15, -0.1) is 0 Å². The van der Waals surface area contributed by atoms with Crippen LogP contribution in [0.25, 0.3) is 0 Å². The Kier molecular flexibility index (Phi) is 38.4. The molecule has 0 aromatic carbocycles. The van der Waals surface area contributed by atoms with Crippen molar-refractivity contribution in [3.63, 3.8) is 0 Å². The SMILES string of the molecule is CCCCCCCCCCCCCCCCCCCCCC(=O)O[C@@H](CO)COC(=O)CCCCCCCCCCCCCCCC. The van der Waals surface area contributed by atoms with E-state index in [1.54, 1.807) is 0 Å². The molecular weight excluding hydrogens is 584 g/mol. The van der Waals surface area contributed by atoms with Gasteiger partial charge in [-0.05, 0) is 12.8 Å². The first-order chi connectivity index (χ1) is 23.1. The van der Waals surface area contributed by atoms with Gasteiger partial charge in [0, 0.05) is 12.8 Å². The third-order valence-corrected chi connectivity index (χ3v) is 9.65. The molecule has 0 spiro atoms. The van der Waals surface area contributed by atoms with Crippen LogP contribution in [0.5, 0.6) is 0 Å². The van der Waals surface area contributed by atoms with Gasteiger partial charge >= 0.3 is 11.9 Å². The molecule has 0 saturated carbocycles. The number of unbranched alkanes of at least 4 members (excludes halogenated alkanes) is 31. The molecule has 0 radical (unpaired) electrons. The first-order valence-electron chi connectivity index (χ1n) is 21.1. The Labute approximate surface area is 293 Å². The number of aliphatic hydroxyl groups is 1. The maximum Gasteiger partial charge on any atom is 0.306 e. The summed E-state index contributed by atoms with van der Waals surface area (Å²) in [6, 6.07) is 0. The summed E-state index contributed by atoms with van der Waals surface area (Å²) >= 11 is 0. The minimum Gasteiger partial charge on any atom is -0.462 e. The molecule has 0 aliphatic carbocycles. The maximum atomic E-state index is 12.2. The molecule has 0 aliphatic heterocycles. The molecule has 5 nitrogen and oxygen atoms in total. The zero-order chi connectivity index (χ0) is 34.3. The van der Waals surface area contributed by atoms with Crippen LogP contribution in [0.2, 0.25) is 0 Å². The van der Waals surface area contributed by atoms with Crippen LogP contribution in [0.1, 0.15) is 239 Å². The van der Waals surface area contributed by atoms with Crippen molar-refractivity contribution in [3.05, 3.63) is 0 Å². The highest BCUT2D eigenvalue weighted by atomic mass is 16.6. The minimum absolute atomic E-state index is 0.0567. The minimum atomic E-state index is -0.761. The lowest BCUT2D eigenvalue weighted by Crippen LogP contribution is -2.28. The van der Waals surface area contributed by atoms with Crippen molar-refractivity contribution in [2.45, 2.75) is 245 Å². The molecule has 1 atom stereocenters. The van der Waals surface area contributed by atoms with Crippen LogP contribution in [0.4, 0.5) is 0 Å². The van der Waals surface area contributed by atoms with E-state index in [-0.39, 0.29) is 25.2 Å². The van der Waals surface area contributed by atoms with Gasteiger partial charge < -0.3 is 14.6 Å². The molecule has 5 heteroatoms. The van der Waals surface area contributed by atoms with Crippen molar-refractivity contribution < 1.29 is 24.2 Å². The van der Waals surface area contributed by atoms with E-state index in [0.717, 1.165) is 32.1 Å². The van der Waals surface area contributed by atoms with E-state index in [2.05, 4.69) is 13.8 Å². The summed E-state index contributed by atoms with van der Waals surface area (Å²) in [7, 11) is 0. The first-order valence-corrected chi connectivity index (χ1v) is 21.1. The van der Waals surface area contributed by atoms with Crippen molar-refractivity contribution in [1.82, 2.24) is 0 Å². The number of carbonyl (C=O) groups is 2. The average molecular weight is 667 g/mol. The van der Waals surface area contributed by atoms with Crippen LogP contribution in [-0.2, 0) is 19.1 Å². The lowest BCUT2D eigenvalue weighted by atomic mass is 10.0. The van der Waals surface area contributed by atoms with Gasteiger partial charge in [0.2, 0.25) is 0 Å². The van der Waals surface area contributed by atoms with Crippen molar-refractivity contribution in [2.75, 3.05) is 13.2 Å². The van der Waals surface area contributed by atoms with Gasteiger partial charge in [0.05, 0.1) is 6.61 Å². The summed E-state index contributed by atoms with van der Waals surface area (Å²) in [5.41, 5.74) is 0. The second-order valence-corrected chi connectivity index (χ2v) is 14.4. The van der Waals surface area contributed by atoms with E-state index in [9.17, 15) is 14.7 Å². The Morgan fingerprint density at radius 3 is 0.936 bits per heavy atom. The molecule has 0 bridgehead atoms. The molecule has 0 rings (SSSR count). The number of rotatable bonds is 39. The van der Waals surface area contributed by atoms with Crippen LogP contribution in [0, 0.1) is 0 Å². The lowest BCUT2D eigenvalue weighted by molar-refractivity contribution is -0.161. The highest BCUT2D eigenvalue weighted by Crippen LogP contribution is 2.16.